The number of hydrogen-bond donors (Lipinski definition) is 2. The second-order valence-electron chi connectivity index (χ2n) is 6.59. The van der Waals surface area contributed by atoms with E-state index in [2.05, 4.69) is 32.1 Å². The highest BCUT2D eigenvalue weighted by molar-refractivity contribution is 5.77. The highest BCUT2D eigenvalue weighted by Gasteiger charge is 2.21. The third-order valence-electron chi connectivity index (χ3n) is 4.70. The molecule has 4 rings (SSSR count). The molecule has 3 aromatic rings. The second-order valence-corrected chi connectivity index (χ2v) is 6.59. The van der Waals surface area contributed by atoms with Gasteiger partial charge in [-0.2, -0.15) is 5.10 Å². The van der Waals surface area contributed by atoms with E-state index in [1.165, 1.54) is 4.68 Å². The smallest absolute Gasteiger partial charge is 0.293 e. The average Bonchev–Trinajstić information content (AvgIpc) is 3.10. The summed E-state index contributed by atoms with van der Waals surface area (Å²) in [6.07, 6.45) is 3.21. The molecule has 0 bridgehead atoms. The number of aromatic nitrogens is 5. The Bertz CT molecular complexity index is 1100. The van der Waals surface area contributed by atoms with Crippen molar-refractivity contribution < 1.29 is 0 Å². The molecule has 0 aromatic carbocycles. The predicted molar refractivity (Wildman–Crippen MR) is 108 cm³/mol. The van der Waals surface area contributed by atoms with Crippen LogP contribution in [0, 0.1) is 11.8 Å². The maximum Gasteiger partial charge on any atom is 0.293 e. The van der Waals surface area contributed by atoms with E-state index >= 15 is 0 Å². The van der Waals surface area contributed by atoms with Crippen LogP contribution >= 0.6 is 0 Å². The van der Waals surface area contributed by atoms with Gasteiger partial charge in [0.15, 0.2) is 0 Å². The van der Waals surface area contributed by atoms with Gasteiger partial charge in [-0.1, -0.05) is 5.92 Å². The molecule has 144 valence electrons. The number of rotatable bonds is 4. The molecule has 0 amide bonds. The Morgan fingerprint density at radius 2 is 2.07 bits per heavy atom. The Morgan fingerprint density at radius 1 is 1.25 bits per heavy atom. The van der Waals surface area contributed by atoms with Crippen molar-refractivity contribution >= 4 is 22.7 Å². The minimum atomic E-state index is -0.206. The zero-order valence-electron chi connectivity index (χ0n) is 15.7. The summed E-state index contributed by atoms with van der Waals surface area (Å²) >= 11 is 0. The Morgan fingerprint density at radius 3 is 2.79 bits per heavy atom. The minimum Gasteiger partial charge on any atom is -0.397 e. The van der Waals surface area contributed by atoms with Gasteiger partial charge in [0.2, 0.25) is 5.95 Å². The number of nitrogens with zero attached hydrogens (tertiary/aromatic N) is 6. The lowest BCUT2D eigenvalue weighted by Gasteiger charge is -2.28. The van der Waals surface area contributed by atoms with Crippen LogP contribution in [-0.2, 0) is 13.1 Å². The number of fused-ring (bicyclic) bond motifs is 1. The van der Waals surface area contributed by atoms with Crippen LogP contribution in [0.3, 0.4) is 0 Å². The zero-order valence-corrected chi connectivity index (χ0v) is 15.7. The molecule has 4 heterocycles. The molecule has 1 fully saturated rings. The van der Waals surface area contributed by atoms with E-state index in [9.17, 15) is 4.79 Å². The normalized spacial score (nSPS) is 14.1. The van der Waals surface area contributed by atoms with Gasteiger partial charge in [0.05, 0.1) is 36.9 Å². The maximum absolute atomic E-state index is 13.2. The number of nitrogens with one attached hydrogen (secondary N) is 1. The summed E-state index contributed by atoms with van der Waals surface area (Å²) < 4.78 is 3.30. The van der Waals surface area contributed by atoms with Gasteiger partial charge in [-0.15, -0.1) is 5.92 Å². The monoisotopic (exact) mass is 378 g/mol. The summed E-state index contributed by atoms with van der Waals surface area (Å²) in [5.41, 5.74) is 7.87. The number of nitrogen functional groups attached to an aromatic ring is 1. The van der Waals surface area contributed by atoms with Crippen LogP contribution in [0.4, 0.5) is 11.6 Å². The van der Waals surface area contributed by atoms with Crippen LogP contribution in [0.15, 0.2) is 29.3 Å². The molecule has 0 atom stereocenters. The topological polar surface area (TPSA) is 107 Å². The quantitative estimate of drug-likeness (QED) is 0.618. The molecule has 0 radical (unpaired) electrons. The number of imidazole rings is 1. The van der Waals surface area contributed by atoms with Crippen molar-refractivity contribution in [2.45, 2.75) is 20.0 Å². The van der Waals surface area contributed by atoms with Gasteiger partial charge in [0.1, 0.15) is 11.0 Å². The third kappa shape index (κ3) is 3.42. The first-order valence-electron chi connectivity index (χ1n) is 9.19. The summed E-state index contributed by atoms with van der Waals surface area (Å²) in [6, 6.07) is 3.55. The number of hydrogen-bond acceptors (Lipinski definition) is 7. The van der Waals surface area contributed by atoms with Gasteiger partial charge in [-0.25, -0.2) is 9.67 Å². The van der Waals surface area contributed by atoms with E-state index in [1.54, 1.807) is 31.5 Å². The molecule has 0 saturated carbocycles. The number of piperazine rings is 1. The fourth-order valence-corrected chi connectivity index (χ4v) is 3.28. The van der Waals surface area contributed by atoms with Crippen molar-refractivity contribution in [2.24, 2.45) is 0 Å². The van der Waals surface area contributed by atoms with E-state index in [4.69, 9.17) is 10.7 Å². The van der Waals surface area contributed by atoms with Crippen LogP contribution in [-0.4, -0.2) is 50.5 Å². The van der Waals surface area contributed by atoms with Crippen molar-refractivity contribution in [3.63, 3.8) is 0 Å². The molecule has 9 nitrogen and oxygen atoms in total. The molecular weight excluding hydrogens is 356 g/mol. The first-order chi connectivity index (χ1) is 13.7. The highest BCUT2D eigenvalue weighted by atomic mass is 16.1. The Kier molecular flexibility index (Phi) is 4.95. The number of pyridine rings is 1. The van der Waals surface area contributed by atoms with Crippen LogP contribution in [0.25, 0.3) is 11.0 Å². The van der Waals surface area contributed by atoms with Gasteiger partial charge < -0.3 is 16.0 Å². The SMILES string of the molecule is CC#CCn1c(N2CCNCC2)nc2cnn(Cc3ccc(N)cn3)c(=O)c21. The van der Waals surface area contributed by atoms with Crippen molar-refractivity contribution in [1.82, 2.24) is 29.6 Å². The van der Waals surface area contributed by atoms with Crippen LogP contribution in [0.2, 0.25) is 0 Å². The molecule has 9 heteroatoms. The molecule has 1 aliphatic rings. The summed E-state index contributed by atoms with van der Waals surface area (Å²) in [6.45, 7) is 5.89. The number of nitrogens with two attached hydrogens (primary N) is 1. The molecule has 3 N–H and O–H groups in total. The molecule has 1 saturated heterocycles. The molecule has 0 aliphatic carbocycles. The lowest BCUT2D eigenvalue weighted by atomic mass is 10.3. The maximum atomic E-state index is 13.2. The summed E-state index contributed by atoms with van der Waals surface area (Å²) in [7, 11) is 0. The third-order valence-corrected chi connectivity index (χ3v) is 4.70. The van der Waals surface area contributed by atoms with Crippen LogP contribution < -0.4 is 21.5 Å². The van der Waals surface area contributed by atoms with Crippen LogP contribution in [0.5, 0.6) is 0 Å². The first-order valence-corrected chi connectivity index (χ1v) is 9.19. The predicted octanol–water partition coefficient (Wildman–Crippen LogP) is 0.0514. The standard InChI is InChI=1S/C19H22N8O/c1-2-3-8-26-17-16(24-19(26)25-9-6-21-7-10-25)12-23-27(18(17)28)13-15-5-4-14(20)11-22-15/h4-5,11-12,21H,6-10,13,20H2,1H3. The van der Waals surface area contributed by atoms with E-state index in [-0.39, 0.29) is 12.1 Å². The fourth-order valence-electron chi connectivity index (χ4n) is 3.28. The zero-order chi connectivity index (χ0) is 19.5. The highest BCUT2D eigenvalue weighted by Crippen LogP contribution is 2.20. The van der Waals surface area contributed by atoms with E-state index < -0.39 is 0 Å². The van der Waals surface area contributed by atoms with Gasteiger partial charge in [0.25, 0.3) is 5.56 Å². The first kappa shape index (κ1) is 18.0. The van der Waals surface area contributed by atoms with Gasteiger partial charge in [-0.05, 0) is 19.1 Å². The molecule has 1 aliphatic heterocycles. The van der Waals surface area contributed by atoms with E-state index in [1.807, 2.05) is 4.57 Å². The van der Waals surface area contributed by atoms with Gasteiger partial charge in [0, 0.05) is 26.2 Å². The molecule has 3 aromatic heterocycles. The number of anilines is 2. The summed E-state index contributed by atoms with van der Waals surface area (Å²) in [5, 5.41) is 7.63. The molecular formula is C19H22N8O. The Hall–Kier alpha value is -3.38. The largest absolute Gasteiger partial charge is 0.397 e. The van der Waals surface area contributed by atoms with Gasteiger partial charge in [-0.3, -0.25) is 14.3 Å². The van der Waals surface area contributed by atoms with Crippen molar-refractivity contribution in [1.29, 1.82) is 0 Å². The average molecular weight is 378 g/mol. The second kappa shape index (κ2) is 7.70. The van der Waals surface area contributed by atoms with Gasteiger partial charge >= 0.3 is 0 Å². The summed E-state index contributed by atoms with van der Waals surface area (Å²) in [4.78, 5) is 24.3. The van der Waals surface area contributed by atoms with E-state index in [0.717, 1.165) is 32.1 Å². The van der Waals surface area contributed by atoms with E-state index in [0.29, 0.717) is 29.0 Å². The molecule has 28 heavy (non-hydrogen) atoms. The lowest BCUT2D eigenvalue weighted by molar-refractivity contribution is 0.572. The van der Waals surface area contributed by atoms with Crippen LogP contribution in [0.1, 0.15) is 12.6 Å². The minimum absolute atomic E-state index is 0.206. The molecule has 0 unspecified atom stereocenters. The summed E-state index contributed by atoms with van der Waals surface area (Å²) in [5.74, 6) is 6.73. The van der Waals surface area contributed by atoms with Crippen molar-refractivity contribution in [3.8, 4) is 11.8 Å². The molecule has 0 spiro atoms. The fraction of sp³-hybridized carbons (Fsp3) is 0.368. The Labute approximate surface area is 162 Å². The Balaban J connectivity index is 1.79. The van der Waals surface area contributed by atoms with Crippen molar-refractivity contribution in [3.05, 3.63) is 40.6 Å². The lowest BCUT2D eigenvalue weighted by Crippen LogP contribution is -2.44. The van der Waals surface area contributed by atoms with Crippen molar-refractivity contribution in [2.75, 3.05) is 36.8 Å².